The van der Waals surface area contributed by atoms with E-state index in [1.165, 1.54) is 9.80 Å². The van der Waals surface area contributed by atoms with E-state index in [0.29, 0.717) is 13.0 Å². The van der Waals surface area contributed by atoms with Gasteiger partial charge in [-0.3, -0.25) is 4.79 Å². The first-order valence-electron chi connectivity index (χ1n) is 5.81. The van der Waals surface area contributed by atoms with Gasteiger partial charge in [-0.25, -0.2) is 9.59 Å². The number of hydrogen-bond acceptors (Lipinski definition) is 3. The fraction of sp³-hybridized carbons (Fsp3) is 0.727. The van der Waals surface area contributed by atoms with E-state index in [4.69, 9.17) is 5.11 Å². The van der Waals surface area contributed by atoms with Gasteiger partial charge in [0.15, 0.2) is 0 Å². The summed E-state index contributed by atoms with van der Waals surface area (Å²) in [6, 6.07) is -1.47. The largest absolute Gasteiger partial charge is 0.480 e. The highest BCUT2D eigenvalue weighted by atomic mass is 16.4. The summed E-state index contributed by atoms with van der Waals surface area (Å²) in [5, 5.41) is 11.2. The molecule has 0 saturated carbocycles. The molecule has 0 rings (SSSR count). The van der Waals surface area contributed by atoms with Gasteiger partial charge < -0.3 is 20.2 Å². The minimum atomic E-state index is -1.08. The zero-order valence-electron chi connectivity index (χ0n) is 11.3. The lowest BCUT2D eigenvalue weighted by Crippen LogP contribution is -2.50. The molecule has 18 heavy (non-hydrogen) atoms. The van der Waals surface area contributed by atoms with Gasteiger partial charge in [0.25, 0.3) is 0 Å². The second-order valence-electron chi connectivity index (χ2n) is 4.05. The number of likely N-dealkylation sites (N-methyl/N-ethyl adjacent to an activating group) is 2. The average molecular weight is 259 g/mol. The Hall–Kier alpha value is -1.79. The van der Waals surface area contributed by atoms with Gasteiger partial charge in [-0.2, -0.15) is 0 Å². The van der Waals surface area contributed by atoms with Crippen LogP contribution < -0.4 is 5.32 Å². The van der Waals surface area contributed by atoms with E-state index in [2.05, 4.69) is 5.32 Å². The molecule has 1 atom stereocenters. The van der Waals surface area contributed by atoms with Crippen LogP contribution >= 0.6 is 0 Å². The maximum Gasteiger partial charge on any atom is 0.326 e. The van der Waals surface area contributed by atoms with Crippen molar-refractivity contribution in [2.75, 3.05) is 27.2 Å². The summed E-state index contributed by atoms with van der Waals surface area (Å²) in [6.45, 7) is 3.66. The lowest BCUT2D eigenvalue weighted by atomic mass is 10.2. The fourth-order valence-corrected chi connectivity index (χ4v) is 1.21. The molecular weight excluding hydrogens is 238 g/mol. The summed E-state index contributed by atoms with van der Waals surface area (Å²) in [5.74, 6) is -1.30. The number of nitrogens with zero attached hydrogens (tertiary/aromatic N) is 2. The van der Waals surface area contributed by atoms with Crippen molar-refractivity contribution in [3.05, 3.63) is 0 Å². The Morgan fingerprint density at radius 3 is 2.11 bits per heavy atom. The molecule has 0 aliphatic rings. The molecule has 3 amide bonds. The molecule has 7 nitrogen and oxygen atoms in total. The molecule has 0 unspecified atom stereocenters. The van der Waals surface area contributed by atoms with E-state index in [1.54, 1.807) is 27.9 Å². The third kappa shape index (κ3) is 5.03. The van der Waals surface area contributed by atoms with Crippen LogP contribution in [0.4, 0.5) is 4.79 Å². The molecular formula is C11H21N3O4. The number of nitrogens with one attached hydrogen (secondary N) is 1. The third-order valence-electron chi connectivity index (χ3n) is 2.50. The zero-order chi connectivity index (χ0) is 14.3. The first-order valence-corrected chi connectivity index (χ1v) is 5.81. The molecule has 0 aromatic heterocycles. The third-order valence-corrected chi connectivity index (χ3v) is 2.50. The standard InChI is InChI=1S/C11H21N3O4/c1-5-8(10(16)17)12-11(18)14(6-2)7-9(15)13(3)4/h8H,5-7H2,1-4H3,(H,12,18)(H,16,17)/t8-/m1/s1. The van der Waals surface area contributed by atoms with E-state index >= 15 is 0 Å². The summed E-state index contributed by atoms with van der Waals surface area (Å²) in [6.07, 6.45) is 0.292. The Labute approximate surface area is 107 Å². The molecule has 0 aromatic carbocycles. The molecule has 0 aliphatic heterocycles. The van der Waals surface area contributed by atoms with Crippen LogP contribution in [-0.2, 0) is 9.59 Å². The van der Waals surface area contributed by atoms with Crippen LogP contribution in [0.5, 0.6) is 0 Å². The van der Waals surface area contributed by atoms with Crippen molar-refractivity contribution in [2.45, 2.75) is 26.3 Å². The van der Waals surface area contributed by atoms with Crippen LogP contribution in [0, 0.1) is 0 Å². The number of aliphatic carboxylic acids is 1. The molecule has 0 spiro atoms. The van der Waals surface area contributed by atoms with Gasteiger partial charge in [0.2, 0.25) is 5.91 Å². The Kier molecular flexibility index (Phi) is 6.77. The van der Waals surface area contributed by atoms with Crippen molar-refractivity contribution in [3.8, 4) is 0 Å². The Bertz CT molecular complexity index is 317. The predicted octanol–water partition coefficient (Wildman–Crippen LogP) is -0.0307. The van der Waals surface area contributed by atoms with E-state index in [0.717, 1.165) is 0 Å². The van der Waals surface area contributed by atoms with Gasteiger partial charge in [-0.05, 0) is 13.3 Å². The topological polar surface area (TPSA) is 90.0 Å². The number of rotatable bonds is 6. The quantitative estimate of drug-likeness (QED) is 0.701. The van der Waals surface area contributed by atoms with Crippen molar-refractivity contribution < 1.29 is 19.5 Å². The van der Waals surface area contributed by atoms with E-state index in [1.807, 2.05) is 0 Å². The molecule has 0 fully saturated rings. The maximum absolute atomic E-state index is 11.8. The fourth-order valence-electron chi connectivity index (χ4n) is 1.21. The van der Waals surface area contributed by atoms with Crippen molar-refractivity contribution in [2.24, 2.45) is 0 Å². The van der Waals surface area contributed by atoms with Crippen LogP contribution in [0.3, 0.4) is 0 Å². The minimum Gasteiger partial charge on any atom is -0.480 e. The second-order valence-corrected chi connectivity index (χ2v) is 4.05. The number of urea groups is 1. The summed E-state index contributed by atoms with van der Waals surface area (Å²) >= 11 is 0. The average Bonchev–Trinajstić information content (AvgIpc) is 2.31. The predicted molar refractivity (Wildman–Crippen MR) is 66.2 cm³/mol. The van der Waals surface area contributed by atoms with Crippen LogP contribution in [-0.4, -0.2) is 66.0 Å². The zero-order valence-corrected chi connectivity index (χ0v) is 11.3. The minimum absolute atomic E-state index is 0.0641. The first kappa shape index (κ1) is 16.2. The maximum atomic E-state index is 11.8. The highest BCUT2D eigenvalue weighted by Crippen LogP contribution is 1.96. The molecule has 7 heteroatoms. The number of carboxylic acids is 1. The Morgan fingerprint density at radius 1 is 1.22 bits per heavy atom. The van der Waals surface area contributed by atoms with Gasteiger partial charge in [0.05, 0.1) is 0 Å². The van der Waals surface area contributed by atoms with Gasteiger partial charge >= 0.3 is 12.0 Å². The van der Waals surface area contributed by atoms with E-state index < -0.39 is 18.0 Å². The first-order chi connectivity index (χ1) is 8.33. The molecule has 0 heterocycles. The molecule has 0 radical (unpaired) electrons. The summed E-state index contributed by atoms with van der Waals surface area (Å²) < 4.78 is 0. The normalized spacial score (nSPS) is 11.6. The molecule has 104 valence electrons. The van der Waals surface area contributed by atoms with Crippen molar-refractivity contribution in [3.63, 3.8) is 0 Å². The highest BCUT2D eigenvalue weighted by Gasteiger charge is 2.22. The number of carboxylic acid groups (broad SMARTS) is 1. The van der Waals surface area contributed by atoms with E-state index in [-0.39, 0.29) is 12.5 Å². The highest BCUT2D eigenvalue weighted by molar-refractivity contribution is 5.86. The molecule has 0 aromatic rings. The molecule has 0 aliphatic carbocycles. The Morgan fingerprint density at radius 2 is 1.78 bits per heavy atom. The van der Waals surface area contributed by atoms with Gasteiger partial charge in [0.1, 0.15) is 12.6 Å². The molecule has 0 saturated heterocycles. The van der Waals surface area contributed by atoms with Crippen LogP contribution in [0.1, 0.15) is 20.3 Å². The van der Waals surface area contributed by atoms with E-state index in [9.17, 15) is 14.4 Å². The molecule has 0 bridgehead atoms. The van der Waals surface area contributed by atoms with Crippen molar-refractivity contribution in [1.82, 2.24) is 15.1 Å². The summed E-state index contributed by atoms with van der Waals surface area (Å²) in [4.78, 5) is 36.7. The lowest BCUT2D eigenvalue weighted by Gasteiger charge is -2.24. The summed E-state index contributed by atoms with van der Waals surface area (Å²) in [5.41, 5.74) is 0. The van der Waals surface area contributed by atoms with Gasteiger partial charge in [0, 0.05) is 20.6 Å². The van der Waals surface area contributed by atoms with Gasteiger partial charge in [-0.1, -0.05) is 6.92 Å². The van der Waals surface area contributed by atoms with Crippen molar-refractivity contribution >= 4 is 17.9 Å². The number of amides is 3. The Balaban J connectivity index is 4.52. The second kappa shape index (κ2) is 7.52. The van der Waals surface area contributed by atoms with Crippen LogP contribution in [0.2, 0.25) is 0 Å². The molecule has 2 N–H and O–H groups in total. The monoisotopic (exact) mass is 259 g/mol. The smallest absolute Gasteiger partial charge is 0.326 e. The van der Waals surface area contributed by atoms with Crippen LogP contribution in [0.25, 0.3) is 0 Å². The number of carbonyl (C=O) groups is 3. The number of hydrogen-bond donors (Lipinski definition) is 2. The SMILES string of the molecule is CC[C@@H](NC(=O)N(CC)CC(=O)N(C)C)C(=O)O. The summed E-state index contributed by atoms with van der Waals surface area (Å²) in [7, 11) is 3.19. The van der Waals surface area contributed by atoms with Crippen molar-refractivity contribution in [1.29, 1.82) is 0 Å². The number of carbonyl (C=O) groups excluding carboxylic acids is 2. The lowest BCUT2D eigenvalue weighted by molar-refractivity contribution is -0.139. The van der Waals surface area contributed by atoms with Crippen LogP contribution in [0.15, 0.2) is 0 Å². The van der Waals surface area contributed by atoms with Gasteiger partial charge in [-0.15, -0.1) is 0 Å².